The number of nitrogens with one attached hydrogen (secondary N) is 1. The quantitative estimate of drug-likeness (QED) is 0.794. The number of carbonyl (C=O) groups is 2. The molecular formula is C13H24N2O4S. The predicted octanol–water partition coefficient (Wildman–Crippen LogP) is 1.04. The van der Waals surface area contributed by atoms with Gasteiger partial charge in [0, 0.05) is 41.9 Å². The molecule has 116 valence electrons. The van der Waals surface area contributed by atoms with E-state index in [0.29, 0.717) is 38.1 Å². The number of carbonyl (C=O) groups excluding carboxylic acids is 1. The van der Waals surface area contributed by atoms with Crippen LogP contribution in [0.1, 0.15) is 33.1 Å². The third-order valence-electron chi connectivity index (χ3n) is 3.88. The van der Waals surface area contributed by atoms with E-state index in [1.54, 1.807) is 18.1 Å². The van der Waals surface area contributed by atoms with E-state index < -0.39 is 22.2 Å². The van der Waals surface area contributed by atoms with Gasteiger partial charge in [0.15, 0.2) is 0 Å². The molecule has 0 aromatic heterocycles. The van der Waals surface area contributed by atoms with Crippen molar-refractivity contribution in [2.45, 2.75) is 39.2 Å². The molecule has 0 aromatic carbocycles. The highest BCUT2D eigenvalue weighted by Crippen LogP contribution is 2.30. The number of rotatable bonds is 5. The Labute approximate surface area is 122 Å². The fourth-order valence-corrected chi connectivity index (χ4v) is 2.82. The van der Waals surface area contributed by atoms with Crippen LogP contribution in [0.25, 0.3) is 0 Å². The van der Waals surface area contributed by atoms with Crippen molar-refractivity contribution in [3.8, 4) is 0 Å². The zero-order valence-electron chi connectivity index (χ0n) is 12.3. The summed E-state index contributed by atoms with van der Waals surface area (Å²) in [6.45, 7) is 4.53. The Bertz CT molecular complexity index is 392. The van der Waals surface area contributed by atoms with E-state index in [2.05, 4.69) is 5.32 Å². The van der Waals surface area contributed by atoms with Crippen molar-refractivity contribution in [3.63, 3.8) is 0 Å². The highest BCUT2D eigenvalue weighted by molar-refractivity contribution is 7.84. The van der Waals surface area contributed by atoms with Gasteiger partial charge in [-0.3, -0.25) is 9.00 Å². The van der Waals surface area contributed by atoms with Gasteiger partial charge in [-0.2, -0.15) is 0 Å². The van der Waals surface area contributed by atoms with Crippen LogP contribution in [-0.2, 0) is 15.6 Å². The molecule has 0 aromatic rings. The number of aliphatic carboxylic acids is 1. The summed E-state index contributed by atoms with van der Waals surface area (Å²) in [7, 11) is -0.851. The largest absolute Gasteiger partial charge is 0.481 e. The second-order valence-electron chi connectivity index (χ2n) is 5.77. The first-order chi connectivity index (χ1) is 9.24. The minimum atomic E-state index is -0.851. The van der Waals surface area contributed by atoms with Crippen molar-refractivity contribution in [2.24, 2.45) is 5.41 Å². The molecule has 0 radical (unpaired) electrons. The van der Waals surface area contributed by atoms with E-state index in [4.69, 9.17) is 5.11 Å². The summed E-state index contributed by atoms with van der Waals surface area (Å²) in [5.41, 5.74) is -0.721. The summed E-state index contributed by atoms with van der Waals surface area (Å²) in [5, 5.41) is 12.0. The van der Waals surface area contributed by atoms with Crippen LogP contribution in [0.2, 0.25) is 0 Å². The maximum absolute atomic E-state index is 12.0. The molecular weight excluding hydrogens is 280 g/mol. The SMILES string of the molecule is CC(CCS(C)=O)NC(=O)N1CCC(C)(C(=O)O)CC1. The third kappa shape index (κ3) is 4.77. The van der Waals surface area contributed by atoms with Gasteiger partial charge < -0.3 is 15.3 Å². The lowest BCUT2D eigenvalue weighted by atomic mass is 9.80. The van der Waals surface area contributed by atoms with Gasteiger partial charge in [0.25, 0.3) is 0 Å². The van der Waals surface area contributed by atoms with Gasteiger partial charge in [-0.05, 0) is 33.1 Å². The fourth-order valence-electron chi connectivity index (χ4n) is 2.13. The molecule has 0 bridgehead atoms. The lowest BCUT2D eigenvalue weighted by molar-refractivity contribution is -0.150. The molecule has 7 heteroatoms. The van der Waals surface area contributed by atoms with Crippen molar-refractivity contribution >= 4 is 22.8 Å². The molecule has 1 aliphatic heterocycles. The molecule has 1 rings (SSSR count). The number of hydrogen-bond acceptors (Lipinski definition) is 3. The normalized spacial score (nSPS) is 21.1. The lowest BCUT2D eigenvalue weighted by Crippen LogP contribution is -2.50. The smallest absolute Gasteiger partial charge is 0.317 e. The number of carboxylic acid groups (broad SMARTS) is 1. The van der Waals surface area contributed by atoms with Gasteiger partial charge in [0.1, 0.15) is 0 Å². The van der Waals surface area contributed by atoms with Crippen LogP contribution in [0, 0.1) is 5.41 Å². The van der Waals surface area contributed by atoms with E-state index in [9.17, 15) is 13.8 Å². The van der Waals surface area contributed by atoms with Gasteiger partial charge in [-0.1, -0.05) is 0 Å². The second kappa shape index (κ2) is 7.06. The van der Waals surface area contributed by atoms with Crippen LogP contribution in [0.5, 0.6) is 0 Å². The molecule has 0 aliphatic carbocycles. The predicted molar refractivity (Wildman–Crippen MR) is 78.1 cm³/mol. The highest BCUT2D eigenvalue weighted by atomic mass is 32.2. The molecule has 1 fully saturated rings. The number of carboxylic acids is 1. The molecule has 20 heavy (non-hydrogen) atoms. The van der Waals surface area contributed by atoms with Crippen LogP contribution in [0.15, 0.2) is 0 Å². The van der Waals surface area contributed by atoms with Crippen LogP contribution in [-0.4, -0.2) is 57.4 Å². The Morgan fingerprint density at radius 3 is 2.40 bits per heavy atom. The average Bonchev–Trinajstić information content (AvgIpc) is 2.37. The molecule has 2 atom stereocenters. The Kier molecular flexibility index (Phi) is 5.98. The molecule has 0 saturated carbocycles. The Balaban J connectivity index is 2.39. The minimum absolute atomic E-state index is 0.0285. The van der Waals surface area contributed by atoms with E-state index in [-0.39, 0.29) is 12.1 Å². The van der Waals surface area contributed by atoms with Gasteiger partial charge in [0.2, 0.25) is 0 Å². The number of hydrogen-bond donors (Lipinski definition) is 2. The topological polar surface area (TPSA) is 86.7 Å². The molecule has 2 unspecified atom stereocenters. The van der Waals surface area contributed by atoms with Crippen molar-refractivity contribution in [2.75, 3.05) is 25.1 Å². The first kappa shape index (κ1) is 16.9. The lowest BCUT2D eigenvalue weighted by Gasteiger charge is -2.36. The number of likely N-dealkylation sites (tertiary alicyclic amines) is 1. The average molecular weight is 304 g/mol. The number of piperidine rings is 1. The van der Waals surface area contributed by atoms with Crippen LogP contribution >= 0.6 is 0 Å². The van der Waals surface area contributed by atoms with E-state index in [0.717, 1.165) is 0 Å². The van der Waals surface area contributed by atoms with E-state index in [1.165, 1.54) is 0 Å². The van der Waals surface area contributed by atoms with Crippen LogP contribution in [0.3, 0.4) is 0 Å². The summed E-state index contributed by atoms with van der Waals surface area (Å²) in [4.78, 5) is 24.8. The van der Waals surface area contributed by atoms with Crippen molar-refractivity contribution in [1.29, 1.82) is 0 Å². The molecule has 2 amide bonds. The second-order valence-corrected chi connectivity index (χ2v) is 7.32. The van der Waals surface area contributed by atoms with Gasteiger partial charge in [0.05, 0.1) is 5.41 Å². The molecule has 0 spiro atoms. The standard InChI is InChI=1S/C13H24N2O4S/c1-10(4-9-20(3)19)14-12(18)15-7-5-13(2,6-8-15)11(16)17/h10H,4-9H2,1-3H3,(H,14,18)(H,16,17). The van der Waals surface area contributed by atoms with Gasteiger partial charge in [-0.25, -0.2) is 4.79 Å². The Morgan fingerprint density at radius 2 is 1.95 bits per heavy atom. The summed E-state index contributed by atoms with van der Waals surface area (Å²) in [6.07, 6.45) is 3.27. The summed E-state index contributed by atoms with van der Waals surface area (Å²) < 4.78 is 11.0. The number of urea groups is 1. The first-order valence-electron chi connectivity index (χ1n) is 6.83. The third-order valence-corrected chi connectivity index (χ3v) is 4.69. The van der Waals surface area contributed by atoms with Crippen molar-refractivity contribution in [1.82, 2.24) is 10.2 Å². The fraction of sp³-hybridized carbons (Fsp3) is 0.846. The Morgan fingerprint density at radius 1 is 1.40 bits per heavy atom. The monoisotopic (exact) mass is 304 g/mol. The zero-order valence-corrected chi connectivity index (χ0v) is 13.2. The molecule has 2 N–H and O–H groups in total. The van der Waals surface area contributed by atoms with E-state index >= 15 is 0 Å². The van der Waals surface area contributed by atoms with Crippen molar-refractivity contribution < 1.29 is 18.9 Å². The van der Waals surface area contributed by atoms with Crippen LogP contribution in [0.4, 0.5) is 4.79 Å². The van der Waals surface area contributed by atoms with Gasteiger partial charge >= 0.3 is 12.0 Å². The first-order valence-corrected chi connectivity index (χ1v) is 8.56. The van der Waals surface area contributed by atoms with Crippen LogP contribution < -0.4 is 5.32 Å². The van der Waals surface area contributed by atoms with Gasteiger partial charge in [-0.15, -0.1) is 0 Å². The molecule has 6 nitrogen and oxygen atoms in total. The van der Waals surface area contributed by atoms with E-state index in [1.807, 2.05) is 6.92 Å². The summed E-state index contributed by atoms with van der Waals surface area (Å²) in [5.74, 6) is -0.227. The highest BCUT2D eigenvalue weighted by Gasteiger charge is 2.38. The Hall–Kier alpha value is -1.11. The minimum Gasteiger partial charge on any atom is -0.481 e. The molecule has 1 saturated heterocycles. The molecule has 1 heterocycles. The summed E-state index contributed by atoms with van der Waals surface area (Å²) >= 11 is 0. The number of amides is 2. The maximum Gasteiger partial charge on any atom is 0.317 e. The summed E-state index contributed by atoms with van der Waals surface area (Å²) in [6, 6.07) is -0.189. The molecule has 1 aliphatic rings. The van der Waals surface area contributed by atoms with Crippen molar-refractivity contribution in [3.05, 3.63) is 0 Å². The maximum atomic E-state index is 12.0. The zero-order chi connectivity index (χ0) is 15.3. The number of nitrogens with zero attached hydrogens (tertiary/aromatic N) is 1.